The van der Waals surface area contributed by atoms with Crippen molar-refractivity contribution in [1.82, 2.24) is 10.6 Å². The Bertz CT molecular complexity index is 1160. The van der Waals surface area contributed by atoms with E-state index in [2.05, 4.69) is 20.7 Å². The van der Waals surface area contributed by atoms with Gasteiger partial charge < -0.3 is 20.7 Å². The number of carbonyl (C=O) groups excluding carboxylic acids is 2. The number of hydrogen-bond acceptors (Lipinski definition) is 4. The maximum Gasteiger partial charge on any atom is 0.337 e. The molecule has 0 aliphatic heterocycles. The molecular formula is C23H20Cl3N3O3S. The van der Waals surface area contributed by atoms with Crippen molar-refractivity contribution >= 4 is 80.5 Å². The number of fused-ring (bicyclic) bond motifs is 1. The monoisotopic (exact) mass is 523 g/mol. The summed E-state index contributed by atoms with van der Waals surface area (Å²) < 4.78 is 2.79. The summed E-state index contributed by atoms with van der Waals surface area (Å²) in [5.74, 6) is -0.798. The van der Waals surface area contributed by atoms with E-state index in [1.165, 1.54) is 7.11 Å². The molecule has 0 aliphatic carbocycles. The Balaban J connectivity index is 1.65. The Labute approximate surface area is 211 Å². The lowest BCUT2D eigenvalue weighted by atomic mass is 10.0. The fourth-order valence-corrected chi connectivity index (χ4v) is 3.70. The van der Waals surface area contributed by atoms with Crippen LogP contribution >= 0.6 is 47.0 Å². The zero-order valence-corrected chi connectivity index (χ0v) is 20.5. The minimum Gasteiger partial charge on any atom is -0.465 e. The summed E-state index contributed by atoms with van der Waals surface area (Å²) in [4.78, 5) is 24.3. The lowest BCUT2D eigenvalue weighted by molar-refractivity contribution is -0.121. The molecule has 3 rings (SSSR count). The van der Waals surface area contributed by atoms with Gasteiger partial charge in [0.05, 0.1) is 19.1 Å². The average molecular weight is 525 g/mol. The van der Waals surface area contributed by atoms with Crippen LogP contribution in [0, 0.1) is 0 Å². The number of ether oxygens (including phenoxy) is 1. The number of methoxy groups -OCH3 is 1. The second kappa shape index (κ2) is 11.0. The minimum absolute atomic E-state index is 0.0927. The number of alkyl halides is 3. The average Bonchev–Trinajstić information content (AvgIpc) is 2.78. The third-order valence-corrected chi connectivity index (χ3v) is 5.58. The second-order valence-electron chi connectivity index (χ2n) is 7.02. The maximum absolute atomic E-state index is 12.7. The van der Waals surface area contributed by atoms with Crippen LogP contribution in [0.4, 0.5) is 5.69 Å². The summed E-state index contributed by atoms with van der Waals surface area (Å²) in [6.45, 7) is 0. The van der Waals surface area contributed by atoms with Crippen LogP contribution in [0.1, 0.15) is 15.9 Å². The largest absolute Gasteiger partial charge is 0.465 e. The highest BCUT2D eigenvalue weighted by molar-refractivity contribution is 7.80. The van der Waals surface area contributed by atoms with E-state index in [0.717, 1.165) is 16.3 Å². The van der Waals surface area contributed by atoms with Gasteiger partial charge in [0.15, 0.2) is 5.11 Å². The van der Waals surface area contributed by atoms with Crippen LogP contribution in [0.3, 0.4) is 0 Å². The lowest BCUT2D eigenvalue weighted by Crippen LogP contribution is -2.56. The third kappa shape index (κ3) is 6.95. The number of benzene rings is 3. The van der Waals surface area contributed by atoms with Gasteiger partial charge in [-0.15, -0.1) is 0 Å². The molecule has 1 atom stereocenters. The summed E-state index contributed by atoms with van der Waals surface area (Å²) in [6, 6.07) is 20.0. The second-order valence-corrected chi connectivity index (χ2v) is 9.80. The van der Waals surface area contributed by atoms with Gasteiger partial charge in [-0.05, 0) is 52.8 Å². The molecular weight excluding hydrogens is 505 g/mol. The van der Waals surface area contributed by atoms with Crippen molar-refractivity contribution in [3.05, 3.63) is 77.9 Å². The zero-order valence-electron chi connectivity index (χ0n) is 17.4. The molecule has 0 spiro atoms. The van der Waals surface area contributed by atoms with E-state index in [1.807, 2.05) is 42.5 Å². The molecule has 172 valence electrons. The van der Waals surface area contributed by atoms with Crippen molar-refractivity contribution in [2.45, 2.75) is 16.4 Å². The van der Waals surface area contributed by atoms with Gasteiger partial charge in [0, 0.05) is 5.69 Å². The first-order valence-corrected chi connectivity index (χ1v) is 11.3. The molecule has 6 nitrogen and oxygen atoms in total. The number of esters is 1. The highest BCUT2D eigenvalue weighted by Gasteiger charge is 2.34. The Morgan fingerprint density at radius 1 is 0.970 bits per heavy atom. The van der Waals surface area contributed by atoms with Crippen molar-refractivity contribution in [2.75, 3.05) is 12.4 Å². The van der Waals surface area contributed by atoms with Crippen molar-refractivity contribution in [1.29, 1.82) is 0 Å². The smallest absolute Gasteiger partial charge is 0.337 e. The molecule has 0 aliphatic rings. The van der Waals surface area contributed by atoms with Gasteiger partial charge in [-0.25, -0.2) is 4.79 Å². The zero-order chi connectivity index (χ0) is 24.0. The summed E-state index contributed by atoms with van der Waals surface area (Å²) in [5.41, 5.74) is 1.83. The molecule has 0 aromatic heterocycles. The molecule has 0 heterocycles. The summed E-state index contributed by atoms with van der Waals surface area (Å²) >= 11 is 23.5. The van der Waals surface area contributed by atoms with Crippen molar-refractivity contribution in [3.63, 3.8) is 0 Å². The SMILES string of the molecule is COC(=O)c1ccc(NC(=S)N[C@H](NC(=O)Cc2cccc3ccccc23)C(Cl)(Cl)Cl)cc1. The van der Waals surface area contributed by atoms with E-state index in [9.17, 15) is 9.59 Å². The van der Waals surface area contributed by atoms with Gasteiger partial charge in [-0.2, -0.15) is 0 Å². The fraction of sp³-hybridized carbons (Fsp3) is 0.174. The number of nitrogens with one attached hydrogen (secondary N) is 3. The van der Waals surface area contributed by atoms with Gasteiger partial charge in [-0.3, -0.25) is 4.79 Å². The van der Waals surface area contributed by atoms with E-state index >= 15 is 0 Å². The van der Waals surface area contributed by atoms with Gasteiger partial charge >= 0.3 is 5.97 Å². The minimum atomic E-state index is -1.88. The van der Waals surface area contributed by atoms with Crippen molar-refractivity contribution in [2.24, 2.45) is 0 Å². The number of anilines is 1. The van der Waals surface area contributed by atoms with Crippen LogP contribution < -0.4 is 16.0 Å². The number of thiocarbonyl (C=S) groups is 1. The third-order valence-electron chi connectivity index (χ3n) is 4.70. The lowest BCUT2D eigenvalue weighted by Gasteiger charge is -2.28. The Morgan fingerprint density at radius 2 is 1.64 bits per heavy atom. The summed E-state index contributed by atoms with van der Waals surface area (Å²) in [7, 11) is 1.30. The van der Waals surface area contributed by atoms with E-state index < -0.39 is 15.9 Å². The molecule has 0 fully saturated rings. The van der Waals surface area contributed by atoms with E-state index in [-0.39, 0.29) is 17.4 Å². The highest BCUT2D eigenvalue weighted by atomic mass is 35.6. The number of halogens is 3. The van der Waals surface area contributed by atoms with Crippen LogP contribution in [0.5, 0.6) is 0 Å². The summed E-state index contributed by atoms with van der Waals surface area (Å²) in [5, 5.41) is 10.5. The Morgan fingerprint density at radius 3 is 2.30 bits per heavy atom. The molecule has 3 N–H and O–H groups in total. The molecule has 3 aromatic rings. The fourth-order valence-electron chi connectivity index (χ4n) is 3.14. The molecule has 0 saturated heterocycles. The van der Waals surface area contributed by atoms with Crippen LogP contribution in [0.15, 0.2) is 66.7 Å². The normalized spacial score (nSPS) is 12.0. The van der Waals surface area contributed by atoms with Crippen LogP contribution in [-0.4, -0.2) is 34.1 Å². The van der Waals surface area contributed by atoms with Gasteiger partial charge in [0.2, 0.25) is 9.70 Å². The molecule has 10 heteroatoms. The molecule has 0 bridgehead atoms. The first-order chi connectivity index (χ1) is 15.7. The summed E-state index contributed by atoms with van der Waals surface area (Å²) in [6.07, 6.45) is -1.01. The van der Waals surface area contributed by atoms with Gasteiger partial charge in [0.1, 0.15) is 6.17 Å². The highest BCUT2D eigenvalue weighted by Crippen LogP contribution is 2.29. The van der Waals surface area contributed by atoms with Crippen LogP contribution in [-0.2, 0) is 16.0 Å². The quantitative estimate of drug-likeness (QED) is 0.183. The number of hydrogen-bond donors (Lipinski definition) is 3. The van der Waals surface area contributed by atoms with Crippen LogP contribution in [0.25, 0.3) is 10.8 Å². The predicted octanol–water partition coefficient (Wildman–Crippen LogP) is 4.97. The first-order valence-electron chi connectivity index (χ1n) is 9.76. The molecule has 33 heavy (non-hydrogen) atoms. The number of amides is 1. The number of rotatable bonds is 6. The van der Waals surface area contributed by atoms with Crippen molar-refractivity contribution in [3.8, 4) is 0 Å². The Hall–Kier alpha value is -2.58. The number of carbonyl (C=O) groups is 2. The molecule has 1 amide bonds. The van der Waals surface area contributed by atoms with Gasteiger partial charge in [0.25, 0.3) is 0 Å². The molecule has 0 radical (unpaired) electrons. The first kappa shape index (κ1) is 25.1. The topological polar surface area (TPSA) is 79.5 Å². The van der Waals surface area contributed by atoms with Gasteiger partial charge in [-0.1, -0.05) is 77.3 Å². The predicted molar refractivity (Wildman–Crippen MR) is 137 cm³/mol. The molecule has 0 saturated carbocycles. The van der Waals surface area contributed by atoms with E-state index in [0.29, 0.717) is 11.3 Å². The van der Waals surface area contributed by atoms with Crippen molar-refractivity contribution < 1.29 is 14.3 Å². The molecule has 3 aromatic carbocycles. The van der Waals surface area contributed by atoms with Crippen LogP contribution in [0.2, 0.25) is 0 Å². The standard InChI is InChI=1S/C23H20Cl3N3O3S/c1-32-20(31)15-9-11-17(12-10-15)27-22(33)29-21(23(24,25)26)28-19(30)13-16-7-4-6-14-5-2-3-8-18(14)16/h2-12,21H,13H2,1H3,(H,28,30)(H2,27,29,33)/t21-/m0/s1. The Kier molecular flexibility index (Phi) is 8.37. The van der Waals surface area contributed by atoms with E-state index in [1.54, 1.807) is 24.3 Å². The maximum atomic E-state index is 12.7. The molecule has 0 unspecified atom stereocenters. The van der Waals surface area contributed by atoms with E-state index in [4.69, 9.17) is 47.0 Å².